The lowest BCUT2D eigenvalue weighted by Crippen LogP contribution is -2.32. The minimum Gasteiger partial charge on any atom is -0.504 e. The average molecular weight is 428 g/mol. The van der Waals surface area contributed by atoms with Gasteiger partial charge in [-0.1, -0.05) is 30.3 Å². The maximum Gasteiger partial charge on any atom is 0.414 e. The number of unbranched alkanes of at least 4 members (excludes halogenated alkanes) is 1. The number of aromatic hydroxyl groups is 1. The number of phenolic OH excluding ortho intramolecular Hbond substituents is 1. The first-order chi connectivity index (χ1) is 14.9. The molecule has 9 heteroatoms. The van der Waals surface area contributed by atoms with Crippen LogP contribution in [0.5, 0.6) is 11.5 Å². The SMILES string of the molecule is COc1ccc([C@H](CCC/C=C/C(=O)NO)OC(=O)NC(=O)c2ccccc2)cc1O. The molecule has 0 heterocycles. The number of methoxy groups -OCH3 is 1. The van der Waals surface area contributed by atoms with E-state index in [1.807, 2.05) is 0 Å². The number of alkyl carbamates (subject to hydrolysis) is 1. The van der Waals surface area contributed by atoms with Gasteiger partial charge in [-0.2, -0.15) is 0 Å². The molecule has 0 bridgehead atoms. The normalized spacial score (nSPS) is 11.5. The second kappa shape index (κ2) is 12.0. The van der Waals surface area contributed by atoms with E-state index >= 15 is 0 Å². The Bertz CT molecular complexity index is 929. The van der Waals surface area contributed by atoms with Crippen molar-refractivity contribution in [2.75, 3.05) is 7.11 Å². The van der Waals surface area contributed by atoms with Crippen LogP contribution in [-0.4, -0.2) is 35.3 Å². The number of benzene rings is 2. The second-order valence-corrected chi connectivity index (χ2v) is 6.45. The zero-order valence-corrected chi connectivity index (χ0v) is 16.9. The van der Waals surface area contributed by atoms with Gasteiger partial charge in [-0.05, 0) is 49.1 Å². The molecule has 0 fully saturated rings. The maximum absolute atomic E-state index is 12.3. The van der Waals surface area contributed by atoms with Gasteiger partial charge in [-0.15, -0.1) is 0 Å². The third-order valence-electron chi connectivity index (χ3n) is 4.29. The fourth-order valence-electron chi connectivity index (χ4n) is 2.76. The smallest absolute Gasteiger partial charge is 0.414 e. The van der Waals surface area contributed by atoms with E-state index in [-0.39, 0.29) is 11.5 Å². The van der Waals surface area contributed by atoms with Crippen LogP contribution in [0, 0.1) is 0 Å². The minimum absolute atomic E-state index is 0.117. The van der Waals surface area contributed by atoms with Gasteiger partial charge in [-0.3, -0.25) is 20.1 Å². The van der Waals surface area contributed by atoms with Gasteiger partial charge in [-0.25, -0.2) is 10.3 Å². The van der Waals surface area contributed by atoms with Crippen LogP contribution in [0.2, 0.25) is 0 Å². The summed E-state index contributed by atoms with van der Waals surface area (Å²) in [4.78, 5) is 35.5. The summed E-state index contributed by atoms with van der Waals surface area (Å²) in [5.74, 6) is -1.09. The van der Waals surface area contributed by atoms with Gasteiger partial charge in [0, 0.05) is 11.6 Å². The number of imide groups is 1. The number of rotatable bonds is 9. The van der Waals surface area contributed by atoms with E-state index in [0.29, 0.717) is 30.4 Å². The first kappa shape index (κ1) is 23.4. The summed E-state index contributed by atoms with van der Waals surface area (Å²) in [6, 6.07) is 12.8. The Kier molecular flexibility index (Phi) is 9.06. The molecule has 9 nitrogen and oxygen atoms in total. The van der Waals surface area contributed by atoms with E-state index in [1.54, 1.807) is 48.5 Å². The number of hydroxylamine groups is 1. The van der Waals surface area contributed by atoms with Gasteiger partial charge in [0.15, 0.2) is 11.5 Å². The quantitative estimate of drug-likeness (QED) is 0.208. The second-order valence-electron chi connectivity index (χ2n) is 6.45. The molecule has 4 N–H and O–H groups in total. The van der Waals surface area contributed by atoms with Crippen LogP contribution in [-0.2, 0) is 9.53 Å². The molecule has 2 rings (SSSR count). The number of nitrogens with one attached hydrogen (secondary N) is 2. The van der Waals surface area contributed by atoms with Crippen molar-refractivity contribution >= 4 is 17.9 Å². The van der Waals surface area contributed by atoms with Gasteiger partial charge in [0.2, 0.25) is 0 Å². The van der Waals surface area contributed by atoms with Crippen molar-refractivity contribution in [1.29, 1.82) is 0 Å². The summed E-state index contributed by atoms with van der Waals surface area (Å²) in [5, 5.41) is 20.7. The Hall–Kier alpha value is -3.85. The van der Waals surface area contributed by atoms with Crippen molar-refractivity contribution in [2.45, 2.75) is 25.4 Å². The average Bonchev–Trinajstić information content (AvgIpc) is 2.78. The lowest BCUT2D eigenvalue weighted by molar-refractivity contribution is -0.124. The minimum atomic E-state index is -0.927. The first-order valence-electron chi connectivity index (χ1n) is 9.49. The monoisotopic (exact) mass is 428 g/mol. The molecule has 0 aliphatic rings. The summed E-state index contributed by atoms with van der Waals surface area (Å²) in [5.41, 5.74) is 2.31. The Balaban J connectivity index is 2.06. The van der Waals surface area contributed by atoms with Crippen LogP contribution in [0.1, 0.15) is 41.3 Å². The first-order valence-corrected chi connectivity index (χ1v) is 9.49. The standard InChI is InChI=1S/C22H24N2O7/c1-30-19-13-12-16(14-17(19)25)18(10-6-3-7-11-20(26)24-29)31-22(28)23-21(27)15-8-4-2-5-9-15/h2,4-5,7-9,11-14,18,25,29H,3,6,10H2,1H3,(H,24,26)(H,23,27,28)/b11-7+/t18-/m0/s1. The summed E-state index contributed by atoms with van der Waals surface area (Å²) in [6.45, 7) is 0. The zero-order valence-electron chi connectivity index (χ0n) is 16.9. The predicted molar refractivity (Wildman–Crippen MR) is 111 cm³/mol. The van der Waals surface area contributed by atoms with E-state index < -0.39 is 24.0 Å². The van der Waals surface area contributed by atoms with Crippen molar-refractivity contribution in [2.24, 2.45) is 0 Å². The van der Waals surface area contributed by atoms with E-state index in [0.717, 1.165) is 0 Å². The number of carbonyl (C=O) groups is 3. The summed E-state index contributed by atoms with van der Waals surface area (Å²) < 4.78 is 10.5. The van der Waals surface area contributed by atoms with E-state index in [9.17, 15) is 19.5 Å². The van der Waals surface area contributed by atoms with Crippen molar-refractivity contribution in [3.05, 3.63) is 71.8 Å². The molecule has 2 aromatic carbocycles. The molecule has 2 aromatic rings. The van der Waals surface area contributed by atoms with E-state index in [4.69, 9.17) is 14.7 Å². The van der Waals surface area contributed by atoms with Gasteiger partial charge < -0.3 is 14.6 Å². The molecular formula is C22H24N2O7. The summed E-state index contributed by atoms with van der Waals surface area (Å²) in [6.07, 6.45) is 2.40. The molecule has 1 atom stereocenters. The van der Waals surface area contributed by atoms with Gasteiger partial charge in [0.05, 0.1) is 7.11 Å². The molecule has 31 heavy (non-hydrogen) atoms. The van der Waals surface area contributed by atoms with Crippen LogP contribution in [0.15, 0.2) is 60.7 Å². The van der Waals surface area contributed by atoms with Gasteiger partial charge in [0.25, 0.3) is 11.8 Å². The molecule has 0 aliphatic carbocycles. The highest BCUT2D eigenvalue weighted by Crippen LogP contribution is 2.32. The molecule has 0 saturated carbocycles. The highest BCUT2D eigenvalue weighted by Gasteiger charge is 2.20. The number of carbonyl (C=O) groups excluding carboxylic acids is 3. The summed E-state index contributed by atoms with van der Waals surface area (Å²) >= 11 is 0. The molecule has 0 saturated heterocycles. The number of allylic oxidation sites excluding steroid dienone is 1. The van der Waals surface area contributed by atoms with E-state index in [2.05, 4.69) is 5.32 Å². The predicted octanol–water partition coefficient (Wildman–Crippen LogP) is 3.24. The number of hydrogen-bond acceptors (Lipinski definition) is 7. The largest absolute Gasteiger partial charge is 0.504 e. The molecule has 3 amide bonds. The molecule has 0 aromatic heterocycles. The fraction of sp³-hybridized carbons (Fsp3) is 0.227. The van der Waals surface area contributed by atoms with Crippen molar-refractivity contribution in [1.82, 2.24) is 10.8 Å². The van der Waals surface area contributed by atoms with Crippen LogP contribution in [0.3, 0.4) is 0 Å². The Morgan fingerprint density at radius 3 is 2.52 bits per heavy atom. The molecule has 0 spiro atoms. The van der Waals surface area contributed by atoms with Crippen molar-refractivity contribution in [3.63, 3.8) is 0 Å². The molecular weight excluding hydrogens is 404 g/mol. The number of ether oxygens (including phenoxy) is 2. The van der Waals surface area contributed by atoms with Crippen molar-refractivity contribution < 1.29 is 34.2 Å². The fourth-order valence-corrected chi connectivity index (χ4v) is 2.76. The highest BCUT2D eigenvalue weighted by molar-refractivity contribution is 6.02. The van der Waals surface area contributed by atoms with Crippen LogP contribution in [0.4, 0.5) is 4.79 Å². The van der Waals surface area contributed by atoms with Crippen LogP contribution >= 0.6 is 0 Å². The lowest BCUT2D eigenvalue weighted by Gasteiger charge is -2.19. The molecule has 0 radical (unpaired) electrons. The van der Waals surface area contributed by atoms with Gasteiger partial charge >= 0.3 is 6.09 Å². The number of phenols is 1. The number of hydrogen-bond donors (Lipinski definition) is 4. The number of amides is 3. The Morgan fingerprint density at radius 2 is 1.87 bits per heavy atom. The Morgan fingerprint density at radius 1 is 1.13 bits per heavy atom. The molecule has 0 aliphatic heterocycles. The van der Waals surface area contributed by atoms with Crippen LogP contribution in [0.25, 0.3) is 0 Å². The lowest BCUT2D eigenvalue weighted by atomic mass is 10.0. The Labute approximate surface area is 179 Å². The van der Waals surface area contributed by atoms with Crippen LogP contribution < -0.4 is 15.5 Å². The highest BCUT2D eigenvalue weighted by atomic mass is 16.6. The third kappa shape index (κ3) is 7.48. The summed E-state index contributed by atoms with van der Waals surface area (Å²) in [7, 11) is 1.42. The third-order valence-corrected chi connectivity index (χ3v) is 4.29. The van der Waals surface area contributed by atoms with Crippen molar-refractivity contribution in [3.8, 4) is 11.5 Å². The molecule has 0 unspecified atom stereocenters. The topological polar surface area (TPSA) is 134 Å². The zero-order chi connectivity index (χ0) is 22.6. The van der Waals surface area contributed by atoms with Gasteiger partial charge in [0.1, 0.15) is 6.10 Å². The van der Waals surface area contributed by atoms with E-state index in [1.165, 1.54) is 24.7 Å². The molecule has 164 valence electrons. The maximum atomic E-state index is 12.3.